The Labute approximate surface area is 126 Å². The van der Waals surface area contributed by atoms with Gasteiger partial charge in [0.25, 0.3) is 0 Å². The Bertz CT molecular complexity index is 493. The van der Waals surface area contributed by atoms with Crippen molar-refractivity contribution in [3.63, 3.8) is 0 Å². The van der Waals surface area contributed by atoms with E-state index in [0.717, 1.165) is 11.1 Å². The van der Waals surface area contributed by atoms with E-state index in [1.54, 1.807) is 7.11 Å². The van der Waals surface area contributed by atoms with Crippen molar-refractivity contribution in [2.75, 3.05) is 13.7 Å². The molecule has 0 aliphatic carbocycles. The Balaban J connectivity index is 2.39. The normalized spacial score (nSPS) is 11.0. The average Bonchev–Trinajstić information content (AvgIpc) is 2.42. The van der Waals surface area contributed by atoms with Crippen LogP contribution >= 0.6 is 0 Å². The molecule has 21 heavy (non-hydrogen) atoms. The molecule has 0 heterocycles. The molecule has 0 atom stereocenters. The highest BCUT2D eigenvalue weighted by Crippen LogP contribution is 2.11. The molecule has 0 spiro atoms. The van der Waals surface area contributed by atoms with Crippen LogP contribution in [0.1, 0.15) is 31.9 Å². The van der Waals surface area contributed by atoms with Crippen LogP contribution in [-0.2, 0) is 27.5 Å². The lowest BCUT2D eigenvalue weighted by Gasteiger charge is -2.17. The van der Waals surface area contributed by atoms with Crippen LogP contribution in [-0.4, -0.2) is 25.5 Å². The van der Waals surface area contributed by atoms with E-state index in [2.05, 4.69) is 10.6 Å². The molecule has 0 saturated heterocycles. The van der Waals surface area contributed by atoms with Crippen molar-refractivity contribution in [1.29, 1.82) is 0 Å². The predicted octanol–water partition coefficient (Wildman–Crippen LogP) is 1.61. The summed E-state index contributed by atoms with van der Waals surface area (Å²) in [5.41, 5.74) is 1.57. The zero-order valence-electron chi connectivity index (χ0n) is 13.2. The second kappa shape index (κ2) is 7.78. The molecule has 0 unspecified atom stereocenters. The van der Waals surface area contributed by atoms with E-state index in [-0.39, 0.29) is 18.4 Å². The number of hydrogen-bond acceptors (Lipinski definition) is 3. The maximum atomic E-state index is 11.7. The van der Waals surface area contributed by atoms with Crippen molar-refractivity contribution < 1.29 is 14.3 Å². The number of benzene rings is 1. The molecule has 0 aliphatic heterocycles. The Hall–Kier alpha value is -1.88. The lowest BCUT2D eigenvalue weighted by Crippen LogP contribution is -2.41. The number of rotatable bonds is 6. The van der Waals surface area contributed by atoms with E-state index >= 15 is 0 Å². The van der Waals surface area contributed by atoms with E-state index in [0.29, 0.717) is 13.2 Å². The fourth-order valence-corrected chi connectivity index (χ4v) is 1.68. The Kier molecular flexibility index (Phi) is 6.37. The molecular formula is C16H24N2O3. The molecule has 0 aliphatic rings. The first kappa shape index (κ1) is 17.2. The third-order valence-electron chi connectivity index (χ3n) is 2.88. The Morgan fingerprint density at radius 2 is 1.81 bits per heavy atom. The first-order valence-corrected chi connectivity index (χ1v) is 6.94. The minimum absolute atomic E-state index is 0.00609. The molecule has 0 aromatic heterocycles. The quantitative estimate of drug-likeness (QED) is 0.837. The van der Waals surface area contributed by atoms with Gasteiger partial charge in [-0.15, -0.1) is 0 Å². The third-order valence-corrected chi connectivity index (χ3v) is 2.88. The number of amides is 2. The highest BCUT2D eigenvalue weighted by Gasteiger charge is 2.21. The molecule has 1 aromatic rings. The van der Waals surface area contributed by atoms with Gasteiger partial charge in [0.2, 0.25) is 11.8 Å². The number of nitrogens with one attached hydrogen (secondary N) is 2. The maximum absolute atomic E-state index is 11.7. The van der Waals surface area contributed by atoms with Gasteiger partial charge < -0.3 is 15.4 Å². The predicted molar refractivity (Wildman–Crippen MR) is 81.5 cm³/mol. The second-order valence-electron chi connectivity index (χ2n) is 5.96. The van der Waals surface area contributed by atoms with E-state index in [9.17, 15) is 9.59 Å². The molecule has 5 nitrogen and oxygen atoms in total. The van der Waals surface area contributed by atoms with Gasteiger partial charge in [-0.1, -0.05) is 45.0 Å². The van der Waals surface area contributed by atoms with Crippen LogP contribution in [0.4, 0.5) is 0 Å². The summed E-state index contributed by atoms with van der Waals surface area (Å²) < 4.78 is 5.07. The van der Waals surface area contributed by atoms with E-state index in [1.807, 2.05) is 45.0 Å². The molecule has 0 bridgehead atoms. The maximum Gasteiger partial charge on any atom is 0.239 e. The minimum Gasteiger partial charge on any atom is -0.380 e. The summed E-state index contributed by atoms with van der Waals surface area (Å²) in [6.45, 7) is 6.39. The summed E-state index contributed by atoms with van der Waals surface area (Å²) in [5, 5.41) is 5.40. The van der Waals surface area contributed by atoms with Gasteiger partial charge in [0.15, 0.2) is 0 Å². The van der Waals surface area contributed by atoms with Crippen molar-refractivity contribution >= 4 is 11.8 Å². The van der Waals surface area contributed by atoms with Gasteiger partial charge in [0, 0.05) is 19.1 Å². The molecule has 5 heteroatoms. The smallest absolute Gasteiger partial charge is 0.239 e. The molecule has 0 saturated carbocycles. The van der Waals surface area contributed by atoms with Crippen molar-refractivity contribution in [2.45, 2.75) is 33.9 Å². The Morgan fingerprint density at radius 1 is 1.14 bits per heavy atom. The molecule has 0 radical (unpaired) electrons. The van der Waals surface area contributed by atoms with Gasteiger partial charge in [-0.3, -0.25) is 9.59 Å². The van der Waals surface area contributed by atoms with Crippen LogP contribution < -0.4 is 10.6 Å². The second-order valence-corrected chi connectivity index (χ2v) is 5.96. The lowest BCUT2D eigenvalue weighted by atomic mass is 9.96. The first-order valence-electron chi connectivity index (χ1n) is 6.94. The molecule has 116 valence electrons. The van der Waals surface area contributed by atoms with Gasteiger partial charge in [0.1, 0.15) is 0 Å². The molecular weight excluding hydrogens is 268 g/mol. The van der Waals surface area contributed by atoms with E-state index < -0.39 is 5.41 Å². The summed E-state index contributed by atoms with van der Waals surface area (Å²) in [7, 11) is 1.65. The number of hydrogen-bond donors (Lipinski definition) is 2. The monoisotopic (exact) mass is 292 g/mol. The lowest BCUT2D eigenvalue weighted by molar-refractivity contribution is -0.131. The van der Waals surface area contributed by atoms with Crippen LogP contribution in [0.2, 0.25) is 0 Å². The van der Waals surface area contributed by atoms with Crippen molar-refractivity contribution in [3.05, 3.63) is 35.4 Å². The summed E-state index contributed by atoms with van der Waals surface area (Å²) in [6, 6.07) is 7.82. The van der Waals surface area contributed by atoms with Gasteiger partial charge in [-0.05, 0) is 11.1 Å². The Morgan fingerprint density at radius 3 is 2.43 bits per heavy atom. The molecule has 2 amide bonds. The van der Waals surface area contributed by atoms with Crippen LogP contribution in [0.15, 0.2) is 24.3 Å². The van der Waals surface area contributed by atoms with Crippen molar-refractivity contribution in [3.8, 4) is 0 Å². The summed E-state index contributed by atoms with van der Waals surface area (Å²) in [6.07, 6.45) is 0. The van der Waals surface area contributed by atoms with Crippen LogP contribution in [0.3, 0.4) is 0 Å². The average molecular weight is 292 g/mol. The van der Waals surface area contributed by atoms with Crippen LogP contribution in [0.5, 0.6) is 0 Å². The number of carbonyl (C=O) groups excluding carboxylic acids is 2. The van der Waals surface area contributed by atoms with Crippen LogP contribution in [0, 0.1) is 5.41 Å². The fraction of sp³-hybridized carbons (Fsp3) is 0.500. The number of methoxy groups -OCH3 is 1. The SMILES string of the molecule is COCc1cccc(CNC(=O)CNC(=O)C(C)(C)C)c1. The van der Waals surface area contributed by atoms with Gasteiger partial charge >= 0.3 is 0 Å². The summed E-state index contributed by atoms with van der Waals surface area (Å²) >= 11 is 0. The van der Waals surface area contributed by atoms with E-state index in [1.165, 1.54) is 0 Å². The third kappa shape index (κ3) is 6.40. The van der Waals surface area contributed by atoms with Gasteiger partial charge in [-0.25, -0.2) is 0 Å². The summed E-state index contributed by atoms with van der Waals surface area (Å²) in [4.78, 5) is 23.4. The van der Waals surface area contributed by atoms with Crippen molar-refractivity contribution in [1.82, 2.24) is 10.6 Å². The summed E-state index contributed by atoms with van der Waals surface area (Å²) in [5.74, 6) is -0.343. The standard InChI is InChI=1S/C16H24N2O3/c1-16(2,3)15(20)18-10-14(19)17-9-12-6-5-7-13(8-12)11-21-4/h5-8H,9-11H2,1-4H3,(H,17,19)(H,18,20). The van der Waals surface area contributed by atoms with Crippen LogP contribution in [0.25, 0.3) is 0 Å². The highest BCUT2D eigenvalue weighted by atomic mass is 16.5. The largest absolute Gasteiger partial charge is 0.380 e. The van der Waals surface area contributed by atoms with Crippen molar-refractivity contribution in [2.24, 2.45) is 5.41 Å². The minimum atomic E-state index is -0.491. The zero-order chi connectivity index (χ0) is 15.9. The highest BCUT2D eigenvalue weighted by molar-refractivity contribution is 5.87. The number of carbonyl (C=O) groups is 2. The molecule has 2 N–H and O–H groups in total. The van der Waals surface area contributed by atoms with E-state index in [4.69, 9.17) is 4.74 Å². The molecule has 0 fully saturated rings. The molecule has 1 aromatic carbocycles. The molecule has 1 rings (SSSR count). The van der Waals surface area contributed by atoms with Gasteiger partial charge in [0.05, 0.1) is 13.2 Å². The topological polar surface area (TPSA) is 67.4 Å². The first-order chi connectivity index (χ1) is 9.82. The zero-order valence-corrected chi connectivity index (χ0v) is 13.2. The number of ether oxygens (including phenoxy) is 1. The fourth-order valence-electron chi connectivity index (χ4n) is 1.68. The van der Waals surface area contributed by atoms with Gasteiger partial charge in [-0.2, -0.15) is 0 Å².